The van der Waals surface area contributed by atoms with Crippen LogP contribution in [0.15, 0.2) is 95.7 Å². The fraction of sp³-hybridized carbons (Fsp3) is 0.0714. The monoisotopic (exact) mass is 848 g/mol. The number of pyridine rings is 2. The van der Waals surface area contributed by atoms with E-state index in [4.69, 9.17) is 29.4 Å². The van der Waals surface area contributed by atoms with E-state index in [1.807, 2.05) is 0 Å². The van der Waals surface area contributed by atoms with Crippen molar-refractivity contribution in [3.05, 3.63) is 119 Å². The van der Waals surface area contributed by atoms with Gasteiger partial charge in [-0.05, 0) is 48.5 Å². The van der Waals surface area contributed by atoms with E-state index < -0.39 is 25.4 Å². The van der Waals surface area contributed by atoms with Crippen LogP contribution in [0.25, 0.3) is 10.9 Å². The second-order valence-electron chi connectivity index (χ2n) is 8.21. The molecule has 8 N–H and O–H groups in total. The first-order valence-electron chi connectivity index (χ1n) is 12.5. The summed E-state index contributed by atoms with van der Waals surface area (Å²) in [6.07, 6.45) is 8.98. The number of aromatic nitrogens is 2. The molecule has 0 unspecified atom stereocenters. The Labute approximate surface area is 263 Å². The van der Waals surface area contributed by atoms with Gasteiger partial charge in [0.15, 0.2) is 0 Å². The molecule has 0 spiro atoms. The average molecular weight is 849 g/mol. The summed E-state index contributed by atoms with van der Waals surface area (Å²) in [6.45, 7) is 0. The molecule has 16 nitrogen and oxygen atoms in total. The minimum absolute atomic E-state index is 0.210. The summed E-state index contributed by atoms with van der Waals surface area (Å²) in [4.78, 5) is 27.1. The molecule has 0 saturated carbocycles. The number of amides is 2. The topological polar surface area (TPSA) is 260 Å². The van der Waals surface area contributed by atoms with Gasteiger partial charge in [-0.1, -0.05) is 12.1 Å². The number of hydrogen-bond donors (Lipinski definition) is 2. The zero-order chi connectivity index (χ0) is 33.2. The number of methoxy groups -OCH3 is 2. The summed E-state index contributed by atoms with van der Waals surface area (Å²) >= 11 is -5.84. The Morgan fingerprint density at radius 2 is 1.07 bits per heavy atom. The van der Waals surface area contributed by atoms with E-state index in [0.29, 0.717) is 33.8 Å². The Balaban J connectivity index is 0.000000273. The van der Waals surface area contributed by atoms with Crippen LogP contribution in [0.2, 0.25) is 0 Å². The summed E-state index contributed by atoms with van der Waals surface area (Å²) in [5.41, 5.74) is 9.50. The van der Waals surface area contributed by atoms with E-state index in [0.717, 1.165) is 0 Å². The molecule has 0 aliphatic rings. The molecular formula is C28H30N6O10U+2. The third-order valence-corrected chi connectivity index (χ3v) is 5.13. The Hall–Kier alpha value is -5.21. The first kappa shape index (κ1) is 36.0. The van der Waals surface area contributed by atoms with Gasteiger partial charge in [0.2, 0.25) is 11.5 Å². The molecule has 0 aliphatic carbocycles. The maximum absolute atomic E-state index is 9.71. The number of hydrogen-bond acceptors (Lipinski definition) is 8. The van der Waals surface area contributed by atoms with Gasteiger partial charge in [0.25, 0.3) is 11.8 Å². The van der Waals surface area contributed by atoms with Gasteiger partial charge in [0.1, 0.15) is 0 Å². The Bertz CT molecular complexity index is 1600. The number of para-hydroxylation sites is 2. The van der Waals surface area contributed by atoms with Crippen LogP contribution in [0.1, 0.15) is 22.3 Å². The quantitative estimate of drug-likeness (QED) is 0.151. The number of nitrogens with zero attached hydrogens (tertiary/aromatic N) is 6. The van der Waals surface area contributed by atoms with Gasteiger partial charge >= 0.3 is 46.6 Å². The van der Waals surface area contributed by atoms with Gasteiger partial charge < -0.3 is 40.7 Å². The molecule has 4 aromatic rings. The van der Waals surface area contributed by atoms with E-state index in [1.54, 1.807) is 85.5 Å². The van der Waals surface area contributed by atoms with Gasteiger partial charge in [-0.2, -0.15) is 0 Å². The molecule has 2 amide bonds. The molecule has 45 heavy (non-hydrogen) atoms. The molecule has 234 valence electrons. The predicted octanol–water partition coefficient (Wildman–Crippen LogP) is 2.22. The molecule has 0 atom stereocenters. The van der Waals surface area contributed by atoms with Gasteiger partial charge in [0, 0.05) is 37.2 Å². The van der Waals surface area contributed by atoms with Gasteiger partial charge in [-0.25, -0.2) is 0 Å². The van der Waals surface area contributed by atoms with E-state index in [-0.39, 0.29) is 23.3 Å². The van der Waals surface area contributed by atoms with Crippen molar-refractivity contribution in [2.24, 2.45) is 10.2 Å². The average Bonchev–Trinajstić information content (AvgIpc) is 3.03. The van der Waals surface area contributed by atoms with Crippen LogP contribution in [0, 0.1) is 25.4 Å². The Morgan fingerprint density at radius 1 is 0.733 bits per heavy atom. The van der Waals surface area contributed by atoms with Crippen molar-refractivity contribution in [2.45, 2.75) is 0 Å². The summed E-state index contributed by atoms with van der Waals surface area (Å²) in [5, 5.41) is 23.3. The normalized spacial score (nSPS) is 10.6. The molecular weight excluding hydrogens is 818 g/mol. The summed E-state index contributed by atoms with van der Waals surface area (Å²) in [5.74, 6) is 0.929. The van der Waals surface area contributed by atoms with Crippen molar-refractivity contribution in [2.75, 3.05) is 14.2 Å². The minimum atomic E-state index is -5.84. The van der Waals surface area contributed by atoms with E-state index in [1.165, 1.54) is 26.6 Å². The molecule has 2 heterocycles. The fourth-order valence-electron chi connectivity index (χ4n) is 3.06. The van der Waals surface area contributed by atoms with Crippen molar-refractivity contribution >= 4 is 24.2 Å². The third kappa shape index (κ3) is 13.3. The summed E-state index contributed by atoms with van der Waals surface area (Å²) < 4.78 is 42.3. The zero-order valence-electron chi connectivity index (χ0n) is 23.8. The molecule has 0 aliphatic heterocycles. The van der Waals surface area contributed by atoms with Crippen molar-refractivity contribution in [1.29, 1.82) is 0 Å². The van der Waals surface area contributed by atoms with Crippen LogP contribution < -0.4 is 9.47 Å². The molecule has 0 saturated heterocycles. The summed E-state index contributed by atoms with van der Waals surface area (Å²) in [6, 6.07) is 16.8. The number of ether oxygens (including phenoxy) is 2. The number of benzene rings is 2. The molecule has 0 fully saturated rings. The van der Waals surface area contributed by atoms with Crippen LogP contribution in [0.3, 0.4) is 0 Å². The van der Waals surface area contributed by atoms with Crippen molar-refractivity contribution in [3.63, 3.8) is 0 Å². The van der Waals surface area contributed by atoms with Gasteiger partial charge in [-0.3, -0.25) is 19.6 Å². The van der Waals surface area contributed by atoms with Crippen LogP contribution in [0.4, 0.5) is 0 Å². The Morgan fingerprint density at radius 3 is 1.38 bits per heavy atom. The van der Waals surface area contributed by atoms with Gasteiger partial charge in [-0.15, -0.1) is 0 Å². The standard InChI is InChI=1S/2C14H13N3O3.2H2O.2O.U/c2*1-20-12-4-2-3-11(13(12)18)9-16-17-14(19)10-5-7-15-8-6-10;;;;;/h2*2-9H,1H3,(H2,15,16,17,18,19);2*1H2;;;/q;;;;;;+2. The van der Waals surface area contributed by atoms with E-state index in [2.05, 4.69) is 31.0 Å². The second-order valence-corrected chi connectivity index (χ2v) is 12.8. The SMILES string of the molecule is COc1cccc(/C=N/[N-]C(=[OH+])c2ccncc2)c1[OH2+].COc1cccc(/C=N/[N-]C(=[OH+])c2ccncc2)c1[OH2+].[O]=[U](=[O])([OH])[OH]. The molecule has 4 rings (SSSR count). The van der Waals surface area contributed by atoms with Crippen LogP contribution in [-0.2, 0) is 4.47 Å². The first-order chi connectivity index (χ1) is 21.4. The van der Waals surface area contributed by atoms with Crippen molar-refractivity contribution in [3.8, 4) is 23.0 Å². The molecule has 0 bridgehead atoms. The fourth-order valence-corrected chi connectivity index (χ4v) is 3.06. The van der Waals surface area contributed by atoms with Crippen LogP contribution in [0.5, 0.6) is 23.0 Å². The number of rotatable bonds is 8. The van der Waals surface area contributed by atoms with Crippen molar-refractivity contribution in [1.82, 2.24) is 9.97 Å². The molecule has 2 aromatic heterocycles. The molecule has 0 radical (unpaired) electrons. The summed E-state index contributed by atoms with van der Waals surface area (Å²) in [7, 11) is 3.00. The third-order valence-electron chi connectivity index (χ3n) is 5.13. The predicted molar refractivity (Wildman–Crippen MR) is 160 cm³/mol. The van der Waals surface area contributed by atoms with Crippen molar-refractivity contribution < 1.29 is 64.4 Å². The van der Waals surface area contributed by atoms with E-state index >= 15 is 0 Å². The first-order valence-corrected chi connectivity index (χ1v) is 19.6. The van der Waals surface area contributed by atoms with Gasteiger partial charge in [0.05, 0.1) is 36.5 Å². The second kappa shape index (κ2) is 18.5. The maximum atomic E-state index is 9.71. The van der Waals surface area contributed by atoms with Crippen LogP contribution in [-0.4, -0.2) is 73.5 Å². The molecule has 17 heteroatoms. The van der Waals surface area contributed by atoms with Crippen LogP contribution >= 0.6 is 0 Å². The molecule has 2 aromatic carbocycles. The Kier molecular flexibility index (Phi) is 14.8. The number of carbonyl (C=O) groups excluding carboxylic acids is 2. The zero-order valence-corrected chi connectivity index (χ0v) is 28.0. The van der Waals surface area contributed by atoms with E-state index in [9.17, 15) is 9.59 Å².